The van der Waals surface area contributed by atoms with Crippen molar-refractivity contribution in [3.63, 3.8) is 0 Å². The smallest absolute Gasteiger partial charge is 0.351 e. The van der Waals surface area contributed by atoms with Crippen LogP contribution in [0, 0.1) is 0 Å². The predicted octanol–water partition coefficient (Wildman–Crippen LogP) is 1.94. The molecule has 26 heavy (non-hydrogen) atoms. The molecule has 2 aromatic rings. The molecule has 0 spiro atoms. The van der Waals surface area contributed by atoms with Crippen molar-refractivity contribution >= 4 is 17.5 Å². The van der Waals surface area contributed by atoms with Gasteiger partial charge in [0.2, 0.25) is 5.91 Å². The van der Waals surface area contributed by atoms with E-state index in [0.717, 1.165) is 25.9 Å². The first kappa shape index (κ1) is 18.7. The standard InChI is InChI=1S/C18H23ClN4O3/c1-2-4-16-21-23(14-8-6-13(19)7-9-14)18(25)22(16)12-17(24)20-11-15-5-3-10-26-15/h6-9,15H,2-5,10-12H2,1H3,(H,20,24)/t15-/m1/s1. The molecule has 0 radical (unpaired) electrons. The molecule has 1 saturated heterocycles. The van der Waals surface area contributed by atoms with Crippen LogP contribution in [0.4, 0.5) is 0 Å². The van der Waals surface area contributed by atoms with Gasteiger partial charge >= 0.3 is 5.69 Å². The van der Waals surface area contributed by atoms with Gasteiger partial charge < -0.3 is 10.1 Å². The summed E-state index contributed by atoms with van der Waals surface area (Å²) >= 11 is 5.91. The maximum Gasteiger partial charge on any atom is 0.351 e. The van der Waals surface area contributed by atoms with Gasteiger partial charge in [0.05, 0.1) is 11.8 Å². The van der Waals surface area contributed by atoms with E-state index in [1.165, 1.54) is 9.25 Å². The van der Waals surface area contributed by atoms with E-state index in [2.05, 4.69) is 10.4 Å². The summed E-state index contributed by atoms with van der Waals surface area (Å²) in [6.45, 7) is 3.18. The molecule has 1 amide bonds. The summed E-state index contributed by atoms with van der Waals surface area (Å²) in [5.41, 5.74) is 0.290. The highest BCUT2D eigenvalue weighted by Crippen LogP contribution is 2.12. The Morgan fingerprint density at radius 2 is 2.15 bits per heavy atom. The molecule has 1 aromatic heterocycles. The zero-order valence-electron chi connectivity index (χ0n) is 14.8. The summed E-state index contributed by atoms with van der Waals surface area (Å²) in [6, 6.07) is 6.87. The van der Waals surface area contributed by atoms with E-state index in [4.69, 9.17) is 16.3 Å². The quantitative estimate of drug-likeness (QED) is 0.798. The van der Waals surface area contributed by atoms with Crippen LogP contribution in [-0.4, -0.2) is 39.5 Å². The summed E-state index contributed by atoms with van der Waals surface area (Å²) < 4.78 is 8.25. The Labute approximate surface area is 156 Å². The van der Waals surface area contributed by atoms with E-state index in [1.54, 1.807) is 24.3 Å². The average molecular weight is 379 g/mol. The third kappa shape index (κ3) is 4.34. The van der Waals surface area contributed by atoms with E-state index < -0.39 is 0 Å². The van der Waals surface area contributed by atoms with Crippen LogP contribution in [0.3, 0.4) is 0 Å². The van der Waals surface area contributed by atoms with Gasteiger partial charge in [0.15, 0.2) is 0 Å². The van der Waals surface area contributed by atoms with E-state index in [1.807, 2.05) is 6.92 Å². The van der Waals surface area contributed by atoms with Gasteiger partial charge in [-0.1, -0.05) is 18.5 Å². The van der Waals surface area contributed by atoms with Gasteiger partial charge in [0.1, 0.15) is 12.4 Å². The molecule has 0 unspecified atom stereocenters. The number of ether oxygens (including phenoxy) is 1. The molecule has 1 aromatic carbocycles. The Morgan fingerprint density at radius 3 is 2.81 bits per heavy atom. The summed E-state index contributed by atoms with van der Waals surface area (Å²) in [4.78, 5) is 25.1. The highest BCUT2D eigenvalue weighted by atomic mass is 35.5. The second-order valence-corrected chi connectivity index (χ2v) is 6.80. The van der Waals surface area contributed by atoms with Crippen molar-refractivity contribution in [2.24, 2.45) is 0 Å². The molecule has 0 aliphatic carbocycles. The Bertz CT molecular complexity index is 807. The largest absolute Gasteiger partial charge is 0.376 e. The van der Waals surface area contributed by atoms with Gasteiger partial charge in [-0.3, -0.25) is 9.36 Å². The maximum atomic E-state index is 12.8. The van der Waals surface area contributed by atoms with Gasteiger partial charge in [-0.2, -0.15) is 4.68 Å². The number of benzene rings is 1. The fourth-order valence-electron chi connectivity index (χ4n) is 2.99. The lowest BCUT2D eigenvalue weighted by Gasteiger charge is -2.11. The van der Waals surface area contributed by atoms with Crippen molar-refractivity contribution in [3.05, 3.63) is 45.6 Å². The van der Waals surface area contributed by atoms with Crippen molar-refractivity contribution in [2.45, 2.75) is 45.3 Å². The zero-order valence-corrected chi connectivity index (χ0v) is 15.5. The van der Waals surface area contributed by atoms with Crippen molar-refractivity contribution in [1.82, 2.24) is 19.7 Å². The van der Waals surface area contributed by atoms with Gasteiger partial charge in [-0.05, 0) is 43.5 Å². The second-order valence-electron chi connectivity index (χ2n) is 6.36. The number of aryl methyl sites for hydroxylation is 1. The summed E-state index contributed by atoms with van der Waals surface area (Å²) in [6.07, 6.45) is 3.50. The first-order valence-electron chi connectivity index (χ1n) is 8.91. The summed E-state index contributed by atoms with van der Waals surface area (Å²) in [7, 11) is 0. The second kappa shape index (κ2) is 8.51. The van der Waals surface area contributed by atoms with Gasteiger partial charge in [-0.25, -0.2) is 4.79 Å². The lowest BCUT2D eigenvalue weighted by atomic mass is 10.2. The first-order valence-corrected chi connectivity index (χ1v) is 9.29. The van der Waals surface area contributed by atoms with Crippen LogP contribution in [0.2, 0.25) is 5.02 Å². The maximum absolute atomic E-state index is 12.8. The van der Waals surface area contributed by atoms with Crippen LogP contribution in [0.15, 0.2) is 29.1 Å². The molecular formula is C18H23ClN4O3. The molecule has 1 aliphatic heterocycles. The predicted molar refractivity (Wildman–Crippen MR) is 98.8 cm³/mol. The van der Waals surface area contributed by atoms with E-state index in [9.17, 15) is 9.59 Å². The number of aromatic nitrogens is 3. The van der Waals surface area contributed by atoms with Crippen molar-refractivity contribution < 1.29 is 9.53 Å². The fourth-order valence-corrected chi connectivity index (χ4v) is 3.11. The van der Waals surface area contributed by atoms with Crippen LogP contribution in [0.1, 0.15) is 32.0 Å². The number of nitrogens with zero attached hydrogens (tertiary/aromatic N) is 3. The molecule has 1 N–H and O–H groups in total. The number of nitrogens with one attached hydrogen (secondary N) is 1. The van der Waals surface area contributed by atoms with Gasteiger partial charge in [-0.15, -0.1) is 5.10 Å². The lowest BCUT2D eigenvalue weighted by Crippen LogP contribution is -2.37. The number of hydrogen-bond donors (Lipinski definition) is 1. The molecule has 1 aliphatic rings. The Hall–Kier alpha value is -2.12. The van der Waals surface area contributed by atoms with E-state index in [0.29, 0.717) is 29.5 Å². The molecule has 1 atom stereocenters. The molecule has 1 fully saturated rings. The van der Waals surface area contributed by atoms with Crippen LogP contribution < -0.4 is 11.0 Å². The van der Waals surface area contributed by atoms with Gasteiger partial charge in [0.25, 0.3) is 0 Å². The average Bonchev–Trinajstić information content (AvgIpc) is 3.25. The third-order valence-corrected chi connectivity index (χ3v) is 4.59. The highest BCUT2D eigenvalue weighted by molar-refractivity contribution is 6.30. The minimum Gasteiger partial charge on any atom is -0.376 e. The Balaban J connectivity index is 1.77. The normalized spacial score (nSPS) is 16.8. The van der Waals surface area contributed by atoms with Crippen LogP contribution in [0.5, 0.6) is 0 Å². The number of hydrogen-bond acceptors (Lipinski definition) is 4. The van der Waals surface area contributed by atoms with E-state index >= 15 is 0 Å². The first-order chi connectivity index (χ1) is 12.6. The molecule has 2 heterocycles. The molecular weight excluding hydrogens is 356 g/mol. The van der Waals surface area contributed by atoms with Crippen LogP contribution >= 0.6 is 11.6 Å². The number of rotatable bonds is 7. The number of carbonyl (C=O) groups is 1. The van der Waals surface area contributed by atoms with Gasteiger partial charge in [0, 0.05) is 24.6 Å². The van der Waals surface area contributed by atoms with Crippen molar-refractivity contribution in [3.8, 4) is 5.69 Å². The Morgan fingerprint density at radius 1 is 1.38 bits per heavy atom. The summed E-state index contributed by atoms with van der Waals surface area (Å²) in [5, 5.41) is 7.84. The molecule has 7 nitrogen and oxygen atoms in total. The SMILES string of the molecule is CCCc1nn(-c2ccc(Cl)cc2)c(=O)n1CC(=O)NC[C@H]1CCCO1. The number of halogens is 1. The molecule has 140 valence electrons. The topological polar surface area (TPSA) is 78.2 Å². The lowest BCUT2D eigenvalue weighted by molar-refractivity contribution is -0.122. The number of carbonyl (C=O) groups excluding carboxylic acids is 1. The van der Waals surface area contributed by atoms with Crippen LogP contribution in [-0.2, 0) is 22.5 Å². The van der Waals surface area contributed by atoms with Crippen LogP contribution in [0.25, 0.3) is 5.69 Å². The molecule has 0 bridgehead atoms. The molecule has 0 saturated carbocycles. The number of amides is 1. The van der Waals surface area contributed by atoms with Crippen molar-refractivity contribution in [2.75, 3.05) is 13.2 Å². The molecule has 8 heteroatoms. The third-order valence-electron chi connectivity index (χ3n) is 4.34. The minimum absolute atomic E-state index is 0.0471. The Kier molecular flexibility index (Phi) is 6.11. The fraction of sp³-hybridized carbons (Fsp3) is 0.500. The zero-order chi connectivity index (χ0) is 18.5. The highest BCUT2D eigenvalue weighted by Gasteiger charge is 2.19. The molecule has 3 rings (SSSR count). The monoisotopic (exact) mass is 378 g/mol. The minimum atomic E-state index is -0.331. The van der Waals surface area contributed by atoms with E-state index in [-0.39, 0.29) is 24.2 Å². The summed E-state index contributed by atoms with van der Waals surface area (Å²) in [5.74, 6) is 0.385. The van der Waals surface area contributed by atoms with Crippen molar-refractivity contribution in [1.29, 1.82) is 0 Å².